The van der Waals surface area contributed by atoms with Crippen molar-refractivity contribution in [2.24, 2.45) is 28.6 Å². The predicted molar refractivity (Wildman–Crippen MR) is 104 cm³/mol. The molecule has 0 aromatic carbocycles. The van der Waals surface area contributed by atoms with E-state index in [-0.39, 0.29) is 342 Å². The van der Waals surface area contributed by atoms with E-state index in [9.17, 15) is 0 Å². The molecule has 0 spiro atoms. The summed E-state index contributed by atoms with van der Waals surface area (Å²) in [6, 6.07) is 0. The minimum Gasteiger partial charge on any atom is -0.369 e. The van der Waals surface area contributed by atoms with E-state index >= 15 is 0 Å². The average molecular weight is 1200 g/mol. The Morgan fingerprint density at radius 1 is 0.688 bits per heavy atom. The Hall–Kier alpha value is 11.0. The zero-order valence-electron chi connectivity index (χ0n) is 21.5. The molecule has 2 aliphatic rings. The van der Waals surface area contributed by atoms with Crippen LogP contribution in [0.15, 0.2) is 0 Å². The van der Waals surface area contributed by atoms with Crippen LogP contribution in [0, 0.1) is 62.2 Å². The third kappa shape index (κ3) is 43.2. The Morgan fingerprint density at radius 3 is 1.28 bits per heavy atom. The SMILES string of the molecule is C.CC(C)(C)[CH-]C1[CH-]CCC1.[CH2-]C1[CH-]CCC1C(C)(C)C.[CH3-].[Y].[Y].[Y].[Y].[Y].[Y].[Y].[Y].[Y].[Y]. The van der Waals surface area contributed by atoms with E-state index in [4.69, 9.17) is 0 Å². The van der Waals surface area contributed by atoms with Gasteiger partial charge >= 0.3 is 0 Å². The molecule has 0 aliphatic heterocycles. The van der Waals surface area contributed by atoms with Crippen LogP contribution >= 0.6 is 0 Å². The molecule has 0 bridgehead atoms. The molecule has 0 heterocycles. The van der Waals surface area contributed by atoms with Gasteiger partial charge in [-0.15, -0.1) is 6.42 Å². The molecule has 2 fully saturated rings. The van der Waals surface area contributed by atoms with Gasteiger partial charge in [-0.1, -0.05) is 67.7 Å². The van der Waals surface area contributed by atoms with Gasteiger partial charge in [-0.3, -0.25) is 11.8 Å². The summed E-state index contributed by atoms with van der Waals surface area (Å²) in [5.74, 6) is 2.22. The van der Waals surface area contributed by atoms with Crippen molar-refractivity contribution < 1.29 is 327 Å². The molecule has 0 N–H and O–H groups in total. The van der Waals surface area contributed by atoms with Crippen molar-refractivity contribution >= 4 is 0 Å². The summed E-state index contributed by atoms with van der Waals surface area (Å²) in [7, 11) is 0. The van der Waals surface area contributed by atoms with Gasteiger partial charge in [0.25, 0.3) is 0 Å². The molecule has 2 saturated carbocycles. The van der Waals surface area contributed by atoms with Crippen LogP contribution in [0.2, 0.25) is 0 Å². The van der Waals surface area contributed by atoms with Gasteiger partial charge in [0.15, 0.2) is 0 Å². The van der Waals surface area contributed by atoms with Gasteiger partial charge in [0, 0.05) is 327 Å². The monoisotopic (exact) mass is 1200 g/mol. The largest absolute Gasteiger partial charge is 0.369 e. The molecule has 2 aliphatic carbocycles. The van der Waals surface area contributed by atoms with Crippen LogP contribution < -0.4 is 0 Å². The normalized spacial score (nSPS) is 19.4. The first-order valence-corrected chi connectivity index (χ1v) is 8.45. The summed E-state index contributed by atoms with van der Waals surface area (Å²) in [4.78, 5) is 0. The van der Waals surface area contributed by atoms with Crippen molar-refractivity contribution in [3.8, 4) is 0 Å². The van der Waals surface area contributed by atoms with Crippen LogP contribution in [-0.2, 0) is 327 Å². The van der Waals surface area contributed by atoms with E-state index in [1.807, 2.05) is 0 Å². The van der Waals surface area contributed by atoms with Gasteiger partial charge in [0.05, 0.1) is 0 Å². The molecule has 3 unspecified atom stereocenters. The Kier molecular flexibility index (Phi) is 109. The maximum atomic E-state index is 4.13. The van der Waals surface area contributed by atoms with Gasteiger partial charge in [0.1, 0.15) is 0 Å². The molecule has 10 heteroatoms. The second-order valence-corrected chi connectivity index (χ2v) is 8.81. The maximum absolute atomic E-state index is 4.13. The number of hydrogen-bond acceptors (Lipinski definition) is 0. The summed E-state index contributed by atoms with van der Waals surface area (Å²) in [6.45, 7) is 17.9. The van der Waals surface area contributed by atoms with Gasteiger partial charge in [-0.05, 0) is 5.41 Å². The van der Waals surface area contributed by atoms with Crippen molar-refractivity contribution in [2.45, 2.75) is 81.1 Å². The minimum absolute atomic E-state index is 0. The fraction of sp³-hybridized carbons (Fsp3) is 0.773. The van der Waals surface area contributed by atoms with Crippen molar-refractivity contribution in [2.75, 3.05) is 0 Å². The molecule has 10 radical (unpaired) electrons. The first-order chi connectivity index (χ1) is 9.09. The predicted octanol–water partition coefficient (Wildman–Crippen LogP) is 7.40. The summed E-state index contributed by atoms with van der Waals surface area (Å²) in [5, 5.41) is 0. The van der Waals surface area contributed by atoms with Gasteiger partial charge in [-0.25, -0.2) is 0 Å². The van der Waals surface area contributed by atoms with Gasteiger partial charge in [0.2, 0.25) is 0 Å². The molecule has 0 saturated heterocycles. The minimum atomic E-state index is 0. The average Bonchev–Trinajstić information content (AvgIpc) is 2.86. The Labute approximate surface area is 457 Å². The van der Waals surface area contributed by atoms with Gasteiger partial charge in [-0.2, -0.15) is 18.3 Å². The van der Waals surface area contributed by atoms with E-state index < -0.39 is 0 Å². The molecule has 0 nitrogen and oxygen atoms in total. The fourth-order valence-corrected chi connectivity index (χ4v) is 3.54. The number of hydrogen-bond donors (Lipinski definition) is 0. The van der Waals surface area contributed by atoms with Crippen LogP contribution in [0.25, 0.3) is 0 Å². The first-order valence-electron chi connectivity index (χ1n) is 8.45. The van der Waals surface area contributed by atoms with Crippen molar-refractivity contribution in [3.05, 3.63) is 33.6 Å². The Balaban J connectivity index is -0.0000000182. The Bertz CT molecular complexity index is 285. The quantitative estimate of drug-likeness (QED) is 0.241. The molecule has 3 atom stereocenters. The van der Waals surface area contributed by atoms with E-state index in [0.29, 0.717) is 16.7 Å². The standard InChI is InChI=1S/2C10H18.CH4.CH3.10Y/c1-8-6-5-7-9(8)10(2,3)4;1-10(2,3)8-9-6-4-5-7-9;;;;;;;;;;;;/h6,8-9H,1,5,7H2,2-4H3;6,8-9H,4-5,7H2,1-3H3;1H4;1H3;;;;;;;;;;/q2*-2;;-1;;;;;;;;;;. The molecular weight excluding hydrogens is 1150 g/mol. The summed E-state index contributed by atoms with van der Waals surface area (Å²) >= 11 is 0. The van der Waals surface area contributed by atoms with E-state index in [1.165, 1.54) is 32.1 Å². The zero-order valence-corrected chi connectivity index (χ0v) is 49.9. The number of rotatable bonds is 1. The third-order valence-corrected chi connectivity index (χ3v) is 4.50. The summed E-state index contributed by atoms with van der Waals surface area (Å²) < 4.78 is 0. The topological polar surface area (TPSA) is 0 Å². The van der Waals surface area contributed by atoms with E-state index in [2.05, 4.69) is 67.7 Å². The van der Waals surface area contributed by atoms with Crippen LogP contribution in [0.5, 0.6) is 0 Å². The molecule has 0 amide bonds. The third-order valence-electron chi connectivity index (χ3n) is 4.50. The van der Waals surface area contributed by atoms with Crippen LogP contribution in [0.4, 0.5) is 0 Å². The molecule has 0 aromatic heterocycles. The molecule has 166 valence electrons. The molecule has 2 rings (SSSR count). The molecular formula is C22H43Y10-5. The maximum Gasteiger partial charge on any atom is 0 e. The van der Waals surface area contributed by atoms with E-state index in [1.54, 1.807) is 0 Å². The van der Waals surface area contributed by atoms with Crippen molar-refractivity contribution in [1.29, 1.82) is 0 Å². The zero-order chi connectivity index (χ0) is 15.4. The molecule has 32 heavy (non-hydrogen) atoms. The smallest absolute Gasteiger partial charge is 0 e. The molecule has 0 aromatic rings. The second kappa shape index (κ2) is 44.2. The summed E-state index contributed by atoms with van der Waals surface area (Å²) in [5.41, 5.74) is 0.866. The van der Waals surface area contributed by atoms with Crippen LogP contribution in [0.3, 0.4) is 0 Å². The second-order valence-electron chi connectivity index (χ2n) is 8.81. The van der Waals surface area contributed by atoms with Gasteiger partial charge < -0.3 is 33.6 Å². The van der Waals surface area contributed by atoms with Crippen LogP contribution in [-0.4, -0.2) is 0 Å². The Morgan fingerprint density at radius 2 is 1.09 bits per heavy atom. The van der Waals surface area contributed by atoms with Crippen LogP contribution in [0.1, 0.15) is 81.1 Å². The van der Waals surface area contributed by atoms with E-state index in [0.717, 1.165) is 11.8 Å². The van der Waals surface area contributed by atoms with Crippen molar-refractivity contribution in [1.82, 2.24) is 0 Å². The fourth-order valence-electron chi connectivity index (χ4n) is 3.54. The summed E-state index contributed by atoms with van der Waals surface area (Å²) in [6.07, 6.45) is 14.0. The van der Waals surface area contributed by atoms with Crippen molar-refractivity contribution in [3.63, 3.8) is 0 Å². The first kappa shape index (κ1) is 78.9.